The van der Waals surface area contributed by atoms with Crippen LogP contribution >= 0.6 is 0 Å². The van der Waals surface area contributed by atoms with E-state index in [-0.39, 0.29) is 0 Å². The van der Waals surface area contributed by atoms with Gasteiger partial charge < -0.3 is 4.90 Å². The first-order valence-corrected chi connectivity index (χ1v) is 4.49. The second-order valence-electron chi connectivity index (χ2n) is 3.48. The van der Waals surface area contributed by atoms with E-state index >= 15 is 0 Å². The Balaban J connectivity index is 2.13. The first-order chi connectivity index (χ1) is 5.40. The van der Waals surface area contributed by atoms with Gasteiger partial charge in [0.05, 0.1) is 0 Å². The van der Waals surface area contributed by atoms with Crippen molar-refractivity contribution in [3.8, 4) is 0 Å². The molecule has 0 aromatic rings. The van der Waals surface area contributed by atoms with Crippen molar-refractivity contribution in [3.63, 3.8) is 0 Å². The summed E-state index contributed by atoms with van der Waals surface area (Å²) in [6.07, 6.45) is 9.66. The zero-order valence-electron chi connectivity index (χ0n) is 6.92. The third-order valence-corrected chi connectivity index (χ3v) is 2.78. The molecule has 1 nitrogen and oxygen atoms in total. The second kappa shape index (κ2) is 2.72. The van der Waals surface area contributed by atoms with Crippen molar-refractivity contribution in [2.24, 2.45) is 0 Å². The van der Waals surface area contributed by atoms with Crippen molar-refractivity contribution in [2.75, 3.05) is 6.54 Å². The molecule has 2 aliphatic heterocycles. The highest BCUT2D eigenvalue weighted by atomic mass is 15.2. The number of nitrogens with zero attached hydrogens (tertiary/aromatic N) is 1. The molecule has 1 atom stereocenters. The molecular formula is C10H15N. The number of allylic oxidation sites excluding steroid dienone is 2. The van der Waals surface area contributed by atoms with Crippen molar-refractivity contribution in [3.05, 3.63) is 24.4 Å². The fraction of sp³-hybridized carbons (Fsp3) is 0.600. The fourth-order valence-corrected chi connectivity index (χ4v) is 2.10. The van der Waals surface area contributed by atoms with Crippen molar-refractivity contribution < 1.29 is 0 Å². The van der Waals surface area contributed by atoms with Crippen molar-refractivity contribution >= 4 is 0 Å². The Morgan fingerprint density at radius 3 is 3.27 bits per heavy atom. The van der Waals surface area contributed by atoms with E-state index in [9.17, 15) is 0 Å². The predicted octanol–water partition coefficient (Wildman–Crippen LogP) is 2.31. The van der Waals surface area contributed by atoms with Crippen molar-refractivity contribution in [2.45, 2.75) is 31.7 Å². The highest BCUT2D eigenvalue weighted by Gasteiger charge is 2.24. The molecule has 0 aliphatic carbocycles. The van der Waals surface area contributed by atoms with Crippen LogP contribution in [0.1, 0.15) is 25.7 Å². The minimum absolute atomic E-state index is 0.860. The average molecular weight is 149 g/mol. The maximum atomic E-state index is 3.80. The van der Waals surface area contributed by atoms with Crippen LogP contribution in [-0.4, -0.2) is 17.5 Å². The highest BCUT2D eigenvalue weighted by molar-refractivity contribution is 5.19. The molecule has 0 aromatic carbocycles. The maximum Gasteiger partial charge on any atom is 0.0288 e. The Morgan fingerprint density at radius 2 is 2.45 bits per heavy atom. The third kappa shape index (κ3) is 1.20. The molecule has 0 spiro atoms. The standard InChI is InChI=1S/C10H15N/c1-2-9-5-6-10-4-3-7-11(10)8-9/h2,8,10H,1,3-7H2. The maximum absolute atomic E-state index is 3.80. The summed E-state index contributed by atoms with van der Waals surface area (Å²) in [5, 5.41) is 0. The molecule has 0 N–H and O–H groups in total. The summed E-state index contributed by atoms with van der Waals surface area (Å²) in [7, 11) is 0. The Hall–Kier alpha value is -0.720. The molecule has 0 bridgehead atoms. The van der Waals surface area contributed by atoms with Gasteiger partial charge in [0.2, 0.25) is 0 Å². The molecule has 1 fully saturated rings. The Bertz CT molecular complexity index is 193. The van der Waals surface area contributed by atoms with E-state index < -0.39 is 0 Å². The minimum Gasteiger partial charge on any atom is -0.374 e. The van der Waals surface area contributed by atoms with Crippen LogP contribution in [-0.2, 0) is 0 Å². The number of fused-ring (bicyclic) bond motifs is 1. The van der Waals surface area contributed by atoms with Crippen LogP contribution in [0.3, 0.4) is 0 Å². The van der Waals surface area contributed by atoms with E-state index in [2.05, 4.69) is 17.7 Å². The molecule has 1 unspecified atom stereocenters. The molecule has 0 amide bonds. The van der Waals surface area contributed by atoms with Crippen LogP contribution in [0.15, 0.2) is 24.4 Å². The molecular weight excluding hydrogens is 134 g/mol. The zero-order valence-corrected chi connectivity index (χ0v) is 6.92. The smallest absolute Gasteiger partial charge is 0.0288 e. The zero-order chi connectivity index (χ0) is 7.68. The van der Waals surface area contributed by atoms with E-state index in [0.29, 0.717) is 0 Å². The molecule has 0 saturated carbocycles. The Morgan fingerprint density at radius 1 is 1.55 bits per heavy atom. The van der Waals surface area contributed by atoms with E-state index in [4.69, 9.17) is 0 Å². The van der Waals surface area contributed by atoms with Gasteiger partial charge in [-0.15, -0.1) is 0 Å². The monoisotopic (exact) mass is 149 g/mol. The Labute approximate surface area is 68.4 Å². The van der Waals surface area contributed by atoms with Gasteiger partial charge in [0.25, 0.3) is 0 Å². The molecule has 2 rings (SSSR count). The first kappa shape index (κ1) is 6.96. The summed E-state index contributed by atoms with van der Waals surface area (Å²) < 4.78 is 0. The van der Waals surface area contributed by atoms with Crippen LogP contribution < -0.4 is 0 Å². The molecule has 1 heteroatoms. The molecule has 60 valence electrons. The predicted molar refractivity (Wildman–Crippen MR) is 47.2 cm³/mol. The van der Waals surface area contributed by atoms with Gasteiger partial charge in [-0.1, -0.05) is 12.7 Å². The first-order valence-electron chi connectivity index (χ1n) is 4.49. The van der Waals surface area contributed by atoms with Crippen molar-refractivity contribution in [1.29, 1.82) is 0 Å². The quantitative estimate of drug-likeness (QED) is 0.553. The van der Waals surface area contributed by atoms with Crippen molar-refractivity contribution in [1.82, 2.24) is 4.90 Å². The summed E-state index contributed by atoms with van der Waals surface area (Å²) in [5.74, 6) is 0. The minimum atomic E-state index is 0.860. The normalized spacial score (nSPS) is 29.6. The lowest BCUT2D eigenvalue weighted by Gasteiger charge is -2.28. The van der Waals surface area contributed by atoms with E-state index in [1.54, 1.807) is 0 Å². The number of hydrogen-bond acceptors (Lipinski definition) is 1. The van der Waals surface area contributed by atoms with Crippen LogP contribution in [0.2, 0.25) is 0 Å². The third-order valence-electron chi connectivity index (χ3n) is 2.78. The largest absolute Gasteiger partial charge is 0.374 e. The Kier molecular flexibility index (Phi) is 1.72. The van der Waals surface area contributed by atoms with Gasteiger partial charge in [-0.05, 0) is 31.3 Å². The van der Waals surface area contributed by atoms with Crippen LogP contribution in [0, 0.1) is 0 Å². The lowest BCUT2D eigenvalue weighted by molar-refractivity contribution is 0.313. The van der Waals surface area contributed by atoms with Gasteiger partial charge in [0, 0.05) is 18.8 Å². The molecule has 11 heavy (non-hydrogen) atoms. The molecule has 2 heterocycles. The summed E-state index contributed by atoms with van der Waals surface area (Å²) >= 11 is 0. The number of hydrogen-bond donors (Lipinski definition) is 0. The number of rotatable bonds is 1. The van der Waals surface area contributed by atoms with Gasteiger partial charge in [-0.3, -0.25) is 0 Å². The summed E-state index contributed by atoms with van der Waals surface area (Å²) in [5.41, 5.74) is 1.42. The van der Waals surface area contributed by atoms with Crippen LogP contribution in [0.5, 0.6) is 0 Å². The lowest BCUT2D eigenvalue weighted by Crippen LogP contribution is -2.27. The van der Waals surface area contributed by atoms with Gasteiger partial charge >= 0.3 is 0 Å². The molecule has 2 aliphatic rings. The molecule has 0 radical (unpaired) electrons. The van der Waals surface area contributed by atoms with E-state index in [1.165, 1.54) is 37.8 Å². The van der Waals surface area contributed by atoms with Gasteiger partial charge in [-0.25, -0.2) is 0 Å². The van der Waals surface area contributed by atoms with Gasteiger partial charge in [-0.2, -0.15) is 0 Å². The van der Waals surface area contributed by atoms with Gasteiger partial charge in [0.15, 0.2) is 0 Å². The topological polar surface area (TPSA) is 3.24 Å². The van der Waals surface area contributed by atoms with Gasteiger partial charge in [0.1, 0.15) is 0 Å². The van der Waals surface area contributed by atoms with Crippen LogP contribution in [0.4, 0.5) is 0 Å². The highest BCUT2D eigenvalue weighted by Crippen LogP contribution is 2.28. The van der Waals surface area contributed by atoms with E-state index in [0.717, 1.165) is 6.04 Å². The van der Waals surface area contributed by atoms with Crippen LogP contribution in [0.25, 0.3) is 0 Å². The summed E-state index contributed by atoms with van der Waals surface area (Å²) in [6.45, 7) is 5.07. The second-order valence-corrected chi connectivity index (χ2v) is 3.48. The molecule has 0 aromatic heterocycles. The SMILES string of the molecule is C=CC1=CN2CCCC2CC1. The summed E-state index contributed by atoms with van der Waals surface area (Å²) in [4.78, 5) is 2.49. The average Bonchev–Trinajstić information content (AvgIpc) is 2.50. The summed E-state index contributed by atoms with van der Waals surface area (Å²) in [6, 6.07) is 0.860. The lowest BCUT2D eigenvalue weighted by atomic mass is 10.0. The fourth-order valence-electron chi connectivity index (χ4n) is 2.10. The van der Waals surface area contributed by atoms with E-state index in [1.807, 2.05) is 6.08 Å². The molecule has 1 saturated heterocycles.